The Bertz CT molecular complexity index is 757. The fraction of sp³-hybridized carbons (Fsp3) is 0.263. The monoisotopic (exact) mass is 322 g/mol. The molecule has 0 aromatic heterocycles. The van der Waals surface area contributed by atoms with Crippen molar-refractivity contribution in [3.05, 3.63) is 71.3 Å². The molecule has 0 saturated heterocycles. The second-order valence-electron chi connectivity index (χ2n) is 5.95. The zero-order valence-corrected chi connectivity index (χ0v) is 13.6. The first-order valence-electron chi connectivity index (χ1n) is 7.94. The standard InChI is InChI=1S/C19H18N2OS/c22-17(14-7-2-1-3-8-14)12-23-19-20-16-11-10-13-6-4-5-9-15(13)18(16)21-19/h1-9,16,18H,10-12H2,(H,20,21)/t16-,18-/m0/s1. The lowest BCUT2D eigenvalue weighted by Gasteiger charge is -2.26. The van der Waals surface area contributed by atoms with E-state index in [1.54, 1.807) is 0 Å². The summed E-state index contributed by atoms with van der Waals surface area (Å²) in [5, 5.41) is 4.41. The van der Waals surface area contributed by atoms with Crippen LogP contribution in [0.3, 0.4) is 0 Å². The van der Waals surface area contributed by atoms with Crippen molar-refractivity contribution in [3.8, 4) is 0 Å². The smallest absolute Gasteiger partial charge is 0.173 e. The highest BCUT2D eigenvalue weighted by Crippen LogP contribution is 2.36. The first-order valence-corrected chi connectivity index (χ1v) is 8.93. The maximum absolute atomic E-state index is 12.2. The lowest BCUT2D eigenvalue weighted by molar-refractivity contribution is 0.102. The van der Waals surface area contributed by atoms with Crippen LogP contribution in [0, 0.1) is 0 Å². The van der Waals surface area contributed by atoms with Crippen LogP contribution in [0.25, 0.3) is 0 Å². The van der Waals surface area contributed by atoms with Gasteiger partial charge in [-0.05, 0) is 24.0 Å². The predicted molar refractivity (Wildman–Crippen MR) is 95.1 cm³/mol. The van der Waals surface area contributed by atoms with Crippen molar-refractivity contribution in [3.63, 3.8) is 0 Å². The van der Waals surface area contributed by atoms with Crippen molar-refractivity contribution >= 4 is 22.7 Å². The molecule has 0 radical (unpaired) electrons. The fourth-order valence-electron chi connectivity index (χ4n) is 3.29. The first-order chi connectivity index (χ1) is 11.3. The van der Waals surface area contributed by atoms with E-state index in [1.807, 2.05) is 30.3 Å². The van der Waals surface area contributed by atoms with Crippen LogP contribution >= 0.6 is 11.8 Å². The van der Waals surface area contributed by atoms with E-state index in [2.05, 4.69) is 29.6 Å². The van der Waals surface area contributed by atoms with E-state index in [-0.39, 0.29) is 11.8 Å². The molecule has 1 N–H and O–H groups in total. The molecule has 0 fully saturated rings. The van der Waals surface area contributed by atoms with Gasteiger partial charge in [0.15, 0.2) is 11.0 Å². The van der Waals surface area contributed by atoms with Gasteiger partial charge in [0, 0.05) is 5.56 Å². The molecular weight excluding hydrogens is 304 g/mol. The van der Waals surface area contributed by atoms with Gasteiger partial charge in [0.1, 0.15) is 0 Å². The van der Waals surface area contributed by atoms with Gasteiger partial charge in [-0.1, -0.05) is 66.4 Å². The molecule has 116 valence electrons. The van der Waals surface area contributed by atoms with E-state index in [9.17, 15) is 4.79 Å². The number of ketones is 1. The number of nitrogens with zero attached hydrogens (tertiary/aromatic N) is 1. The Morgan fingerprint density at radius 1 is 1.13 bits per heavy atom. The summed E-state index contributed by atoms with van der Waals surface area (Å²) >= 11 is 1.52. The summed E-state index contributed by atoms with van der Waals surface area (Å²) in [6.45, 7) is 0. The Labute approximate surface area is 140 Å². The van der Waals surface area contributed by atoms with Gasteiger partial charge in [0.05, 0.1) is 17.8 Å². The number of carbonyl (C=O) groups is 1. The normalized spacial score (nSPS) is 21.8. The summed E-state index contributed by atoms with van der Waals surface area (Å²) in [5.74, 6) is 0.576. The Kier molecular flexibility index (Phi) is 3.92. The number of aryl methyl sites for hydroxylation is 1. The third-order valence-corrected chi connectivity index (χ3v) is 5.38. The van der Waals surface area contributed by atoms with Crippen LogP contribution in [0.15, 0.2) is 59.6 Å². The number of rotatable bonds is 3. The molecule has 0 amide bonds. The van der Waals surface area contributed by atoms with Gasteiger partial charge in [-0.25, -0.2) is 0 Å². The number of hydrogen-bond donors (Lipinski definition) is 1. The molecule has 1 aliphatic carbocycles. The highest BCUT2D eigenvalue weighted by Gasteiger charge is 2.34. The fourth-order valence-corrected chi connectivity index (χ4v) is 4.15. The van der Waals surface area contributed by atoms with Crippen LogP contribution in [0.1, 0.15) is 33.9 Å². The number of nitrogens with one attached hydrogen (secondary N) is 1. The van der Waals surface area contributed by atoms with Crippen LogP contribution in [0.5, 0.6) is 0 Å². The molecule has 23 heavy (non-hydrogen) atoms. The molecule has 1 heterocycles. The van der Waals surface area contributed by atoms with E-state index >= 15 is 0 Å². The second-order valence-corrected chi connectivity index (χ2v) is 6.91. The molecule has 0 bridgehead atoms. The summed E-state index contributed by atoms with van der Waals surface area (Å²) in [5.41, 5.74) is 3.51. The minimum absolute atomic E-state index is 0.148. The minimum Gasteiger partial charge on any atom is -0.360 e. The number of Topliss-reactive ketones (excluding diaryl/α,β-unsaturated/α-hetero) is 1. The average Bonchev–Trinajstić information content (AvgIpc) is 3.04. The van der Waals surface area contributed by atoms with E-state index in [0.29, 0.717) is 11.8 Å². The van der Waals surface area contributed by atoms with Crippen molar-refractivity contribution in [2.24, 2.45) is 4.99 Å². The molecule has 2 atom stereocenters. The van der Waals surface area contributed by atoms with E-state index in [1.165, 1.54) is 22.9 Å². The van der Waals surface area contributed by atoms with Crippen LogP contribution in [-0.4, -0.2) is 22.7 Å². The van der Waals surface area contributed by atoms with Crippen LogP contribution < -0.4 is 5.32 Å². The predicted octanol–water partition coefficient (Wildman–Crippen LogP) is 3.62. The number of fused-ring (bicyclic) bond motifs is 3. The molecule has 2 aromatic rings. The number of aliphatic imine (C=N–C) groups is 1. The highest BCUT2D eigenvalue weighted by atomic mass is 32.2. The third kappa shape index (κ3) is 2.91. The highest BCUT2D eigenvalue weighted by molar-refractivity contribution is 8.14. The Balaban J connectivity index is 1.45. The average molecular weight is 322 g/mol. The molecule has 3 nitrogen and oxygen atoms in total. The Morgan fingerprint density at radius 2 is 1.91 bits per heavy atom. The Morgan fingerprint density at radius 3 is 2.78 bits per heavy atom. The molecule has 0 spiro atoms. The lowest BCUT2D eigenvalue weighted by Crippen LogP contribution is -2.33. The first kappa shape index (κ1) is 14.5. The molecule has 4 rings (SSSR count). The van der Waals surface area contributed by atoms with Crippen LogP contribution in [0.4, 0.5) is 0 Å². The van der Waals surface area contributed by atoms with E-state index < -0.39 is 0 Å². The number of thioether (sulfide) groups is 1. The van der Waals surface area contributed by atoms with E-state index in [0.717, 1.165) is 23.6 Å². The van der Waals surface area contributed by atoms with Gasteiger partial charge in [0.2, 0.25) is 0 Å². The van der Waals surface area contributed by atoms with Crippen molar-refractivity contribution in [2.75, 3.05) is 5.75 Å². The van der Waals surface area contributed by atoms with Crippen molar-refractivity contribution in [1.29, 1.82) is 0 Å². The number of hydrogen-bond acceptors (Lipinski definition) is 4. The maximum Gasteiger partial charge on any atom is 0.173 e. The number of amidine groups is 1. The molecule has 2 aliphatic rings. The maximum atomic E-state index is 12.2. The summed E-state index contributed by atoms with van der Waals surface area (Å²) < 4.78 is 0. The summed E-state index contributed by atoms with van der Waals surface area (Å²) in [7, 11) is 0. The van der Waals surface area contributed by atoms with Gasteiger partial charge in [0.25, 0.3) is 0 Å². The second kappa shape index (κ2) is 6.20. The van der Waals surface area contributed by atoms with Gasteiger partial charge in [-0.2, -0.15) is 0 Å². The van der Waals surface area contributed by atoms with Gasteiger partial charge in [-0.15, -0.1) is 0 Å². The molecule has 4 heteroatoms. The van der Waals surface area contributed by atoms with E-state index in [4.69, 9.17) is 4.99 Å². The summed E-state index contributed by atoms with van der Waals surface area (Å²) in [6.07, 6.45) is 2.20. The minimum atomic E-state index is 0.148. The molecule has 0 saturated carbocycles. The molecule has 1 aliphatic heterocycles. The van der Waals surface area contributed by atoms with Crippen molar-refractivity contribution in [1.82, 2.24) is 5.32 Å². The topological polar surface area (TPSA) is 41.5 Å². The zero-order chi connectivity index (χ0) is 15.6. The number of carbonyl (C=O) groups excluding carboxylic acids is 1. The van der Waals surface area contributed by atoms with Gasteiger partial charge < -0.3 is 5.32 Å². The zero-order valence-electron chi connectivity index (χ0n) is 12.7. The quantitative estimate of drug-likeness (QED) is 0.878. The Hall–Kier alpha value is -2.07. The molecule has 2 aromatic carbocycles. The molecular formula is C19H18N2OS. The summed E-state index contributed by atoms with van der Waals surface area (Å²) in [6, 6.07) is 18.6. The van der Waals surface area contributed by atoms with Gasteiger partial charge >= 0.3 is 0 Å². The largest absolute Gasteiger partial charge is 0.360 e. The van der Waals surface area contributed by atoms with Crippen molar-refractivity contribution in [2.45, 2.75) is 24.9 Å². The SMILES string of the molecule is O=C(CSC1=N[C@H]2c3ccccc3CC[C@@H]2N1)c1ccccc1. The molecule has 0 unspecified atom stereocenters. The van der Waals surface area contributed by atoms with Crippen LogP contribution in [0.2, 0.25) is 0 Å². The van der Waals surface area contributed by atoms with Gasteiger partial charge in [-0.3, -0.25) is 9.79 Å². The number of benzene rings is 2. The van der Waals surface area contributed by atoms with Crippen LogP contribution in [-0.2, 0) is 6.42 Å². The third-order valence-electron chi connectivity index (χ3n) is 4.48. The lowest BCUT2D eigenvalue weighted by atomic mass is 9.85. The van der Waals surface area contributed by atoms with Crippen molar-refractivity contribution < 1.29 is 4.79 Å². The summed E-state index contributed by atoms with van der Waals surface area (Å²) in [4.78, 5) is 17.0.